The smallest absolute Gasteiger partial charge is 0.260 e. The zero-order valence-electron chi connectivity index (χ0n) is 28.6. The minimum Gasteiger partial charge on any atom is -0.540 e. The summed E-state index contributed by atoms with van der Waals surface area (Å²) < 4.78 is 19.1. The van der Waals surface area contributed by atoms with E-state index in [1.54, 1.807) is 23.0 Å². The molecule has 2 aliphatic rings. The molecule has 0 saturated heterocycles. The van der Waals surface area contributed by atoms with Gasteiger partial charge in [-0.15, -0.1) is 0 Å². The maximum atomic E-state index is 14.4. The molecule has 2 heterocycles. The Labute approximate surface area is 266 Å². The molecule has 0 saturated carbocycles. The van der Waals surface area contributed by atoms with E-state index in [0.717, 1.165) is 22.7 Å². The van der Waals surface area contributed by atoms with Crippen LogP contribution >= 0.6 is 0 Å². The van der Waals surface area contributed by atoms with Gasteiger partial charge in [0.15, 0.2) is 5.75 Å². The Balaban J connectivity index is 1.83. The molecular weight excluding hydrogens is 585 g/mol. The molecule has 0 radical (unpaired) electrons. The van der Waals surface area contributed by atoms with E-state index in [9.17, 15) is 9.59 Å². The van der Waals surface area contributed by atoms with Gasteiger partial charge in [0.1, 0.15) is 18.5 Å². The highest BCUT2D eigenvalue weighted by atomic mass is 28.4. The molecule has 9 heteroatoms. The SMILES string of the molecule is COc1cc2c(cc1O[Si](C(C)C)(C(C)C)C(C)C)N(COCC[Si](C)(C)C)C(=O)[C@@H]1CC(c3ccc(C)cc3)=CN1C2=O. The average molecular weight is 637 g/mol. The van der Waals surface area contributed by atoms with Crippen molar-refractivity contribution in [3.63, 3.8) is 0 Å². The van der Waals surface area contributed by atoms with Gasteiger partial charge in [-0.05, 0) is 46.8 Å². The largest absolute Gasteiger partial charge is 0.540 e. The van der Waals surface area contributed by atoms with Gasteiger partial charge in [-0.25, -0.2) is 0 Å². The lowest BCUT2D eigenvalue weighted by atomic mass is 10.0. The lowest BCUT2D eigenvalue weighted by molar-refractivity contribution is -0.122. The molecule has 0 bridgehead atoms. The lowest BCUT2D eigenvalue weighted by Crippen LogP contribution is -2.50. The highest BCUT2D eigenvalue weighted by Crippen LogP contribution is 2.47. The summed E-state index contributed by atoms with van der Waals surface area (Å²) in [6, 6.07) is 12.2. The molecule has 0 fully saturated rings. The van der Waals surface area contributed by atoms with E-state index in [1.165, 1.54) is 0 Å². The summed E-state index contributed by atoms with van der Waals surface area (Å²) in [5.41, 5.74) is 5.08. The van der Waals surface area contributed by atoms with Gasteiger partial charge in [-0.3, -0.25) is 14.5 Å². The van der Waals surface area contributed by atoms with Crippen molar-refractivity contribution in [3.05, 3.63) is 59.3 Å². The third kappa shape index (κ3) is 6.70. The average Bonchev–Trinajstić information content (AvgIpc) is 3.37. The van der Waals surface area contributed by atoms with Gasteiger partial charge >= 0.3 is 0 Å². The van der Waals surface area contributed by atoms with Gasteiger partial charge in [0.25, 0.3) is 20.1 Å². The number of hydrogen-bond donors (Lipinski definition) is 0. The summed E-state index contributed by atoms with van der Waals surface area (Å²) in [5, 5.41) is 0. The van der Waals surface area contributed by atoms with Crippen LogP contribution in [-0.2, 0) is 9.53 Å². The fourth-order valence-electron chi connectivity index (χ4n) is 6.82. The van der Waals surface area contributed by atoms with Gasteiger partial charge < -0.3 is 18.8 Å². The van der Waals surface area contributed by atoms with Crippen LogP contribution in [0.15, 0.2) is 42.6 Å². The number of aryl methyl sites for hydroxylation is 1. The van der Waals surface area contributed by atoms with Crippen molar-refractivity contribution in [3.8, 4) is 11.5 Å². The molecule has 0 aliphatic carbocycles. The molecule has 1 atom stereocenters. The number of hydrogen-bond acceptors (Lipinski definition) is 5. The Morgan fingerprint density at radius 2 is 1.52 bits per heavy atom. The zero-order valence-corrected chi connectivity index (χ0v) is 30.6. The predicted molar refractivity (Wildman–Crippen MR) is 185 cm³/mol. The van der Waals surface area contributed by atoms with Crippen LogP contribution < -0.4 is 14.1 Å². The second-order valence-corrected chi connectivity index (χ2v) is 25.5. The van der Waals surface area contributed by atoms with Crippen LogP contribution in [0.3, 0.4) is 0 Å². The molecule has 2 aromatic carbocycles. The number of rotatable bonds is 12. The summed E-state index contributed by atoms with van der Waals surface area (Å²) >= 11 is 0. The van der Waals surface area contributed by atoms with Crippen molar-refractivity contribution < 1.29 is 23.5 Å². The molecule has 0 unspecified atom stereocenters. The van der Waals surface area contributed by atoms with Crippen LogP contribution in [0, 0.1) is 6.92 Å². The molecule has 44 heavy (non-hydrogen) atoms. The normalized spacial score (nSPS) is 17.3. The number of nitrogens with zero attached hydrogens (tertiary/aromatic N) is 2. The van der Waals surface area contributed by atoms with E-state index in [2.05, 4.69) is 85.4 Å². The Morgan fingerprint density at radius 1 is 0.909 bits per heavy atom. The molecule has 0 aromatic heterocycles. The van der Waals surface area contributed by atoms with Crippen LogP contribution in [-0.4, -0.2) is 59.6 Å². The van der Waals surface area contributed by atoms with Crippen LogP contribution in [0.4, 0.5) is 5.69 Å². The Kier molecular flexibility index (Phi) is 10.2. The van der Waals surface area contributed by atoms with Crippen LogP contribution in [0.5, 0.6) is 11.5 Å². The molecule has 2 aliphatic heterocycles. The molecule has 240 valence electrons. The fraction of sp³-hybridized carbons (Fsp3) is 0.543. The number of benzene rings is 2. The van der Waals surface area contributed by atoms with Gasteiger partial charge in [0.2, 0.25) is 0 Å². The molecule has 7 nitrogen and oxygen atoms in total. The van der Waals surface area contributed by atoms with E-state index in [-0.39, 0.29) is 18.5 Å². The van der Waals surface area contributed by atoms with Gasteiger partial charge in [0.05, 0.1) is 18.4 Å². The summed E-state index contributed by atoms with van der Waals surface area (Å²) in [5.74, 6) is 0.706. The summed E-state index contributed by atoms with van der Waals surface area (Å²) in [6.07, 6.45) is 2.29. The fourth-order valence-corrected chi connectivity index (χ4v) is 12.8. The molecule has 2 amide bonds. The summed E-state index contributed by atoms with van der Waals surface area (Å²) in [4.78, 5) is 31.9. The maximum Gasteiger partial charge on any atom is 0.260 e. The molecule has 4 rings (SSSR count). The maximum absolute atomic E-state index is 14.4. The van der Waals surface area contributed by atoms with E-state index >= 15 is 0 Å². The molecule has 2 aromatic rings. The Hall–Kier alpha value is -2.89. The highest BCUT2D eigenvalue weighted by molar-refractivity contribution is 6.78. The van der Waals surface area contributed by atoms with E-state index in [4.69, 9.17) is 13.9 Å². The van der Waals surface area contributed by atoms with Crippen LogP contribution in [0.1, 0.15) is 69.4 Å². The van der Waals surface area contributed by atoms with Gasteiger partial charge in [-0.1, -0.05) is 91.0 Å². The Bertz CT molecular complexity index is 1370. The second kappa shape index (κ2) is 13.2. The van der Waals surface area contributed by atoms with E-state index < -0.39 is 22.4 Å². The van der Waals surface area contributed by atoms with Crippen LogP contribution in [0.25, 0.3) is 5.57 Å². The quantitative estimate of drug-likeness (QED) is 0.173. The number of methoxy groups -OCH3 is 1. The number of anilines is 1. The predicted octanol–water partition coefficient (Wildman–Crippen LogP) is 8.47. The van der Waals surface area contributed by atoms with Crippen molar-refractivity contribution in [2.45, 2.75) is 103 Å². The summed E-state index contributed by atoms with van der Waals surface area (Å²) in [6.45, 7) is 23.0. The van der Waals surface area contributed by atoms with Crippen molar-refractivity contribution in [2.75, 3.05) is 25.3 Å². The van der Waals surface area contributed by atoms with Crippen molar-refractivity contribution >= 4 is 39.5 Å². The number of carbonyl (C=O) groups is 2. The van der Waals surface area contributed by atoms with Gasteiger partial charge in [-0.2, -0.15) is 0 Å². The first-order valence-electron chi connectivity index (χ1n) is 16.0. The lowest BCUT2D eigenvalue weighted by Gasteiger charge is -2.42. The number of ether oxygens (including phenoxy) is 2. The minimum absolute atomic E-state index is 0.0701. The molecular formula is C35H52N2O5Si2. The standard InChI is InChI=1S/C35H52N2O5Si2/c1-23(2)44(24(3)4,25(5)6)42-33-20-30-29(19-32(33)40-8)34(38)36-21-28(27-14-12-26(7)13-15-27)18-31(36)35(39)37(30)22-41-16-17-43(9,10)11/h12-15,19-21,23-25,31H,16-18,22H2,1-11H3/t31-/m0/s1. The number of carbonyl (C=O) groups excluding carboxylic acids is 2. The van der Waals surface area contributed by atoms with Crippen LogP contribution in [0.2, 0.25) is 42.3 Å². The Morgan fingerprint density at radius 3 is 2.07 bits per heavy atom. The second-order valence-electron chi connectivity index (χ2n) is 14.5. The van der Waals surface area contributed by atoms with Crippen molar-refractivity contribution in [1.29, 1.82) is 0 Å². The number of amides is 2. The highest BCUT2D eigenvalue weighted by Gasteiger charge is 2.48. The van der Waals surface area contributed by atoms with Crippen molar-refractivity contribution in [1.82, 2.24) is 4.90 Å². The number of fused-ring (bicyclic) bond motifs is 2. The first kappa shape index (κ1) is 34.0. The first-order valence-corrected chi connectivity index (χ1v) is 21.9. The molecule has 0 N–H and O–H groups in total. The van der Waals surface area contributed by atoms with Crippen molar-refractivity contribution in [2.24, 2.45) is 0 Å². The first-order chi connectivity index (χ1) is 20.6. The summed E-state index contributed by atoms with van der Waals surface area (Å²) in [7, 11) is -2.10. The molecule has 0 spiro atoms. The zero-order chi connectivity index (χ0) is 32.6. The third-order valence-electron chi connectivity index (χ3n) is 9.27. The van der Waals surface area contributed by atoms with Gasteiger partial charge in [0, 0.05) is 33.4 Å². The third-order valence-corrected chi connectivity index (χ3v) is 17.0. The van der Waals surface area contributed by atoms with E-state index in [1.807, 2.05) is 19.2 Å². The monoisotopic (exact) mass is 636 g/mol. The minimum atomic E-state index is -2.37. The van der Waals surface area contributed by atoms with E-state index in [0.29, 0.717) is 52.4 Å². The topological polar surface area (TPSA) is 68.3 Å².